The molecule has 4 saturated carbocycles. The number of rotatable bonds is 6. The Morgan fingerprint density at radius 2 is 1.74 bits per heavy atom. The lowest BCUT2D eigenvalue weighted by Gasteiger charge is -2.56. The molecule has 1 aromatic rings. The van der Waals surface area contributed by atoms with Gasteiger partial charge in [0.2, 0.25) is 11.8 Å². The maximum atomic E-state index is 12.7. The van der Waals surface area contributed by atoms with Gasteiger partial charge in [-0.25, -0.2) is 0 Å². The standard InChI is InChI=1S/C22H27N3O2/c23-5-4-20(26)24-14-15-2-1-3-19(9-15)25-21(27)13-22-10-16-6-17(11-22)8-18(7-16)12-22/h1-3,9,16-18H,4,6-8,10-14H2,(H,24,26)(H,25,27). The molecule has 0 heterocycles. The highest BCUT2D eigenvalue weighted by molar-refractivity contribution is 5.91. The van der Waals surface area contributed by atoms with Crippen molar-refractivity contribution in [2.45, 2.75) is 57.9 Å². The SMILES string of the molecule is N#CCC(=O)NCc1cccc(NC(=O)CC23CC4CC(CC(C4)C2)C3)c1. The number of hydrogen-bond acceptors (Lipinski definition) is 3. The van der Waals surface area contributed by atoms with Crippen molar-refractivity contribution in [3.8, 4) is 6.07 Å². The van der Waals surface area contributed by atoms with Crippen LogP contribution in [-0.4, -0.2) is 11.8 Å². The van der Waals surface area contributed by atoms with Crippen molar-refractivity contribution in [3.63, 3.8) is 0 Å². The van der Waals surface area contributed by atoms with E-state index in [1.165, 1.54) is 38.5 Å². The van der Waals surface area contributed by atoms with Crippen molar-refractivity contribution in [1.82, 2.24) is 5.32 Å². The van der Waals surface area contributed by atoms with E-state index in [1.54, 1.807) is 0 Å². The molecule has 0 atom stereocenters. The Labute approximate surface area is 160 Å². The van der Waals surface area contributed by atoms with E-state index in [9.17, 15) is 9.59 Å². The predicted molar refractivity (Wildman–Crippen MR) is 102 cm³/mol. The highest BCUT2D eigenvalue weighted by Crippen LogP contribution is 2.61. The van der Waals surface area contributed by atoms with Crippen LogP contribution in [-0.2, 0) is 16.1 Å². The number of hydrogen-bond donors (Lipinski definition) is 2. The molecule has 4 aliphatic rings. The fourth-order valence-corrected chi connectivity index (χ4v) is 6.15. The van der Waals surface area contributed by atoms with Gasteiger partial charge < -0.3 is 10.6 Å². The number of carbonyl (C=O) groups is 2. The lowest BCUT2D eigenvalue weighted by Crippen LogP contribution is -2.47. The molecule has 142 valence electrons. The lowest BCUT2D eigenvalue weighted by atomic mass is 9.49. The third-order valence-electron chi connectivity index (χ3n) is 6.64. The largest absolute Gasteiger partial charge is 0.351 e. The molecule has 27 heavy (non-hydrogen) atoms. The first kappa shape index (κ1) is 18.0. The molecule has 5 nitrogen and oxygen atoms in total. The van der Waals surface area contributed by atoms with Crippen LogP contribution in [0.15, 0.2) is 24.3 Å². The van der Waals surface area contributed by atoms with Gasteiger partial charge in [0, 0.05) is 18.7 Å². The minimum absolute atomic E-state index is 0.114. The molecule has 2 amide bonds. The number of amides is 2. The van der Waals surface area contributed by atoms with Crippen molar-refractivity contribution in [3.05, 3.63) is 29.8 Å². The molecule has 0 spiro atoms. The Balaban J connectivity index is 1.34. The third-order valence-corrected chi connectivity index (χ3v) is 6.64. The topological polar surface area (TPSA) is 82.0 Å². The summed E-state index contributed by atoms with van der Waals surface area (Å²) in [5.41, 5.74) is 1.92. The fraction of sp³-hybridized carbons (Fsp3) is 0.591. The zero-order chi connectivity index (χ0) is 18.9. The first-order chi connectivity index (χ1) is 13.0. The van der Waals surface area contributed by atoms with E-state index in [0.29, 0.717) is 13.0 Å². The summed E-state index contributed by atoms with van der Waals surface area (Å²) < 4.78 is 0. The summed E-state index contributed by atoms with van der Waals surface area (Å²) in [7, 11) is 0. The molecule has 1 aromatic carbocycles. The van der Waals surface area contributed by atoms with E-state index in [2.05, 4.69) is 10.6 Å². The Morgan fingerprint density at radius 3 is 2.37 bits per heavy atom. The molecule has 5 heteroatoms. The summed E-state index contributed by atoms with van der Waals surface area (Å²) >= 11 is 0. The van der Waals surface area contributed by atoms with Crippen LogP contribution in [0.25, 0.3) is 0 Å². The van der Waals surface area contributed by atoms with E-state index in [1.807, 2.05) is 30.3 Å². The second-order valence-corrected chi connectivity index (χ2v) is 8.95. The van der Waals surface area contributed by atoms with Crippen molar-refractivity contribution in [2.24, 2.45) is 23.2 Å². The Hall–Kier alpha value is -2.35. The molecule has 0 unspecified atom stereocenters. The lowest BCUT2D eigenvalue weighted by molar-refractivity contribution is -0.124. The maximum absolute atomic E-state index is 12.7. The zero-order valence-electron chi connectivity index (χ0n) is 15.7. The summed E-state index contributed by atoms with van der Waals surface area (Å²) in [5, 5.41) is 14.3. The van der Waals surface area contributed by atoms with E-state index >= 15 is 0 Å². The summed E-state index contributed by atoms with van der Waals surface area (Å²) in [4.78, 5) is 24.2. The van der Waals surface area contributed by atoms with E-state index in [0.717, 1.165) is 29.0 Å². The Kier molecular flexibility index (Phi) is 4.90. The number of nitrogens with zero attached hydrogens (tertiary/aromatic N) is 1. The minimum atomic E-state index is -0.284. The van der Waals surface area contributed by atoms with Crippen molar-refractivity contribution >= 4 is 17.5 Å². The van der Waals surface area contributed by atoms with Gasteiger partial charge >= 0.3 is 0 Å². The zero-order valence-corrected chi connectivity index (χ0v) is 15.7. The quantitative estimate of drug-likeness (QED) is 0.805. The number of nitrogens with one attached hydrogen (secondary N) is 2. The second kappa shape index (κ2) is 7.34. The van der Waals surface area contributed by atoms with Crippen LogP contribution in [0.4, 0.5) is 5.69 Å². The normalized spacial score (nSPS) is 30.6. The molecule has 4 bridgehead atoms. The van der Waals surface area contributed by atoms with Gasteiger partial charge in [-0.3, -0.25) is 9.59 Å². The van der Waals surface area contributed by atoms with Crippen molar-refractivity contribution in [2.75, 3.05) is 5.32 Å². The van der Waals surface area contributed by atoms with Crippen LogP contribution in [0.1, 0.15) is 56.9 Å². The third kappa shape index (κ3) is 4.16. The molecule has 0 saturated heterocycles. The molecule has 2 N–H and O–H groups in total. The summed E-state index contributed by atoms with van der Waals surface area (Å²) in [5.74, 6) is 2.38. The molecule has 4 fully saturated rings. The number of nitriles is 1. The first-order valence-electron chi connectivity index (χ1n) is 10.1. The Bertz CT molecular complexity index is 745. The Morgan fingerprint density at radius 1 is 1.07 bits per heavy atom. The van der Waals surface area contributed by atoms with Gasteiger partial charge in [-0.2, -0.15) is 5.26 Å². The van der Waals surface area contributed by atoms with Gasteiger partial charge in [-0.05, 0) is 79.4 Å². The molecule has 4 aliphatic carbocycles. The number of carbonyl (C=O) groups excluding carboxylic acids is 2. The number of anilines is 1. The van der Waals surface area contributed by atoms with Crippen LogP contribution >= 0.6 is 0 Å². The van der Waals surface area contributed by atoms with Crippen LogP contribution in [0.2, 0.25) is 0 Å². The first-order valence-corrected chi connectivity index (χ1v) is 10.1. The van der Waals surface area contributed by atoms with E-state index in [-0.39, 0.29) is 23.7 Å². The fourth-order valence-electron chi connectivity index (χ4n) is 6.15. The van der Waals surface area contributed by atoms with Crippen LogP contribution in [0.5, 0.6) is 0 Å². The average Bonchev–Trinajstić information content (AvgIpc) is 2.59. The molecular weight excluding hydrogens is 338 g/mol. The van der Waals surface area contributed by atoms with Gasteiger partial charge in [0.25, 0.3) is 0 Å². The van der Waals surface area contributed by atoms with Gasteiger partial charge in [0.15, 0.2) is 0 Å². The highest BCUT2D eigenvalue weighted by Gasteiger charge is 2.51. The smallest absolute Gasteiger partial charge is 0.234 e. The van der Waals surface area contributed by atoms with Crippen molar-refractivity contribution < 1.29 is 9.59 Å². The molecule has 0 radical (unpaired) electrons. The van der Waals surface area contributed by atoms with Gasteiger partial charge in [0.1, 0.15) is 6.42 Å². The highest BCUT2D eigenvalue weighted by atomic mass is 16.2. The van der Waals surface area contributed by atoms with Gasteiger partial charge in [0.05, 0.1) is 6.07 Å². The van der Waals surface area contributed by atoms with Crippen LogP contribution in [0.3, 0.4) is 0 Å². The molecule has 0 aliphatic heterocycles. The minimum Gasteiger partial charge on any atom is -0.351 e. The molecule has 5 rings (SSSR count). The van der Waals surface area contributed by atoms with Crippen molar-refractivity contribution in [1.29, 1.82) is 5.26 Å². The number of benzene rings is 1. The van der Waals surface area contributed by atoms with Crippen LogP contribution < -0.4 is 10.6 Å². The molecular formula is C22H27N3O2. The molecule has 0 aromatic heterocycles. The summed E-state index contributed by atoms with van der Waals surface area (Å²) in [6, 6.07) is 9.40. The monoisotopic (exact) mass is 365 g/mol. The van der Waals surface area contributed by atoms with Crippen LogP contribution in [0, 0.1) is 34.5 Å². The van der Waals surface area contributed by atoms with E-state index < -0.39 is 0 Å². The van der Waals surface area contributed by atoms with E-state index in [4.69, 9.17) is 5.26 Å². The van der Waals surface area contributed by atoms with Gasteiger partial charge in [-0.1, -0.05) is 12.1 Å². The van der Waals surface area contributed by atoms with Gasteiger partial charge in [-0.15, -0.1) is 0 Å². The predicted octanol–water partition coefficient (Wildman–Crippen LogP) is 3.76. The maximum Gasteiger partial charge on any atom is 0.234 e. The summed E-state index contributed by atoms with van der Waals surface area (Å²) in [6.45, 7) is 0.360. The average molecular weight is 365 g/mol. The summed E-state index contributed by atoms with van der Waals surface area (Å²) in [6.07, 6.45) is 8.37. The second-order valence-electron chi connectivity index (χ2n) is 8.95.